The van der Waals surface area contributed by atoms with E-state index in [-0.39, 0.29) is 18.7 Å². The second kappa shape index (κ2) is 7.81. The maximum Gasteiger partial charge on any atom is 0.412 e. The number of nitrogens with zero attached hydrogens (tertiary/aromatic N) is 2. The normalized spacial score (nSPS) is 24.9. The number of ether oxygens (including phenoxy) is 2. The van der Waals surface area contributed by atoms with Crippen LogP contribution in [0.3, 0.4) is 0 Å². The van der Waals surface area contributed by atoms with Crippen molar-refractivity contribution in [1.82, 2.24) is 9.80 Å². The monoisotopic (exact) mass is 394 g/mol. The molecular formula is C24H30N2O3. The van der Waals surface area contributed by atoms with Crippen LogP contribution in [0.25, 0.3) is 0 Å². The van der Waals surface area contributed by atoms with Crippen LogP contribution in [0, 0.1) is 0 Å². The third-order valence-corrected chi connectivity index (χ3v) is 5.76. The topological polar surface area (TPSA) is 42.0 Å². The van der Waals surface area contributed by atoms with E-state index < -0.39 is 11.1 Å². The fraction of sp³-hybridized carbons (Fsp3) is 0.458. The summed E-state index contributed by atoms with van der Waals surface area (Å²) < 4.78 is 11.6. The number of carbonyl (C=O) groups excluding carboxylic acids is 1. The molecule has 2 heterocycles. The van der Waals surface area contributed by atoms with Crippen molar-refractivity contribution in [3.05, 3.63) is 71.8 Å². The maximum atomic E-state index is 13.1. The summed E-state index contributed by atoms with van der Waals surface area (Å²) >= 11 is 0. The van der Waals surface area contributed by atoms with E-state index in [1.54, 1.807) is 0 Å². The van der Waals surface area contributed by atoms with Crippen molar-refractivity contribution in [2.24, 2.45) is 0 Å². The first-order chi connectivity index (χ1) is 13.9. The van der Waals surface area contributed by atoms with Crippen molar-refractivity contribution < 1.29 is 14.3 Å². The lowest BCUT2D eigenvalue weighted by Crippen LogP contribution is -2.55. The van der Waals surface area contributed by atoms with E-state index in [2.05, 4.69) is 53.4 Å². The zero-order valence-corrected chi connectivity index (χ0v) is 17.5. The SMILES string of the molecule is CC(C)(C)OC(=O)N1COCC12CN(Cc1ccccc1)CC2c1ccccc1. The molecule has 2 aliphatic rings. The first kappa shape index (κ1) is 19.9. The van der Waals surface area contributed by atoms with E-state index >= 15 is 0 Å². The van der Waals surface area contributed by atoms with Gasteiger partial charge >= 0.3 is 6.09 Å². The van der Waals surface area contributed by atoms with Gasteiger partial charge in [0.15, 0.2) is 0 Å². The Labute approximate surface area is 173 Å². The minimum absolute atomic E-state index is 0.169. The first-order valence-corrected chi connectivity index (χ1v) is 10.3. The standard InChI is InChI=1S/C24H30N2O3/c1-23(2,3)29-22(27)26-18-28-17-24(26)16-25(14-19-10-6-4-7-11-19)15-21(24)20-12-8-5-9-13-20/h4-13,21H,14-18H2,1-3H3. The highest BCUT2D eigenvalue weighted by molar-refractivity contribution is 5.70. The van der Waals surface area contributed by atoms with Gasteiger partial charge in [-0.05, 0) is 31.9 Å². The maximum absolute atomic E-state index is 13.1. The van der Waals surface area contributed by atoms with Gasteiger partial charge in [-0.1, -0.05) is 60.7 Å². The average Bonchev–Trinajstić information content (AvgIpc) is 3.26. The lowest BCUT2D eigenvalue weighted by Gasteiger charge is -2.38. The average molecular weight is 395 g/mol. The van der Waals surface area contributed by atoms with Crippen LogP contribution in [0.1, 0.15) is 37.8 Å². The number of hydrogen-bond donors (Lipinski definition) is 0. The summed E-state index contributed by atoms with van der Waals surface area (Å²) in [6.07, 6.45) is -0.294. The highest BCUT2D eigenvalue weighted by Gasteiger charge is 2.56. The summed E-state index contributed by atoms with van der Waals surface area (Å²) in [5.74, 6) is 0.169. The largest absolute Gasteiger partial charge is 0.444 e. The molecule has 2 unspecified atom stereocenters. The molecule has 5 heteroatoms. The van der Waals surface area contributed by atoms with Crippen LogP contribution in [0.4, 0.5) is 4.79 Å². The molecule has 2 saturated heterocycles. The predicted octanol–water partition coefficient (Wildman–Crippen LogP) is 4.25. The quantitative estimate of drug-likeness (QED) is 0.781. The first-order valence-electron chi connectivity index (χ1n) is 10.3. The van der Waals surface area contributed by atoms with Crippen LogP contribution < -0.4 is 0 Å². The van der Waals surface area contributed by atoms with Gasteiger partial charge in [-0.25, -0.2) is 4.79 Å². The molecule has 1 spiro atoms. The molecular weight excluding hydrogens is 364 g/mol. The van der Waals surface area contributed by atoms with Crippen LogP contribution in [0.15, 0.2) is 60.7 Å². The summed E-state index contributed by atoms with van der Waals surface area (Å²) in [7, 11) is 0. The van der Waals surface area contributed by atoms with Gasteiger partial charge in [0.25, 0.3) is 0 Å². The summed E-state index contributed by atoms with van der Waals surface area (Å²) in [6, 6.07) is 21.0. The van der Waals surface area contributed by atoms with E-state index in [4.69, 9.17) is 9.47 Å². The molecule has 0 radical (unpaired) electrons. The highest BCUT2D eigenvalue weighted by atomic mass is 16.6. The molecule has 2 fully saturated rings. The van der Waals surface area contributed by atoms with Crippen molar-refractivity contribution in [3.8, 4) is 0 Å². The van der Waals surface area contributed by atoms with Crippen LogP contribution in [0.2, 0.25) is 0 Å². The molecule has 0 bridgehead atoms. The Morgan fingerprint density at radius 1 is 1.10 bits per heavy atom. The molecule has 2 aliphatic heterocycles. The lowest BCUT2D eigenvalue weighted by molar-refractivity contribution is 0.00431. The van der Waals surface area contributed by atoms with Crippen molar-refractivity contribution in [1.29, 1.82) is 0 Å². The number of hydrogen-bond acceptors (Lipinski definition) is 4. The summed E-state index contributed by atoms with van der Waals surface area (Å²) in [5, 5.41) is 0. The summed E-state index contributed by atoms with van der Waals surface area (Å²) in [5.41, 5.74) is 1.56. The lowest BCUT2D eigenvalue weighted by atomic mass is 9.82. The molecule has 0 saturated carbocycles. The number of carbonyl (C=O) groups is 1. The van der Waals surface area contributed by atoms with E-state index in [1.807, 2.05) is 37.8 Å². The Balaban J connectivity index is 1.65. The second-order valence-electron chi connectivity index (χ2n) is 9.11. The Bertz CT molecular complexity index is 834. The molecule has 0 aliphatic carbocycles. The van der Waals surface area contributed by atoms with Crippen molar-refractivity contribution in [2.45, 2.75) is 44.4 Å². The zero-order chi connectivity index (χ0) is 20.5. The van der Waals surface area contributed by atoms with Gasteiger partial charge in [0, 0.05) is 25.6 Å². The third-order valence-electron chi connectivity index (χ3n) is 5.76. The molecule has 1 amide bonds. The molecule has 29 heavy (non-hydrogen) atoms. The van der Waals surface area contributed by atoms with Gasteiger partial charge in [0.2, 0.25) is 0 Å². The van der Waals surface area contributed by atoms with Crippen LogP contribution >= 0.6 is 0 Å². The predicted molar refractivity (Wildman–Crippen MR) is 113 cm³/mol. The van der Waals surface area contributed by atoms with Gasteiger partial charge in [-0.3, -0.25) is 9.80 Å². The van der Waals surface area contributed by atoms with E-state index in [0.29, 0.717) is 6.61 Å². The van der Waals surface area contributed by atoms with Crippen molar-refractivity contribution in [2.75, 3.05) is 26.4 Å². The minimum atomic E-state index is -0.536. The molecule has 0 N–H and O–H groups in total. The number of benzene rings is 2. The van der Waals surface area contributed by atoms with Crippen molar-refractivity contribution in [3.63, 3.8) is 0 Å². The molecule has 2 aromatic rings. The number of likely N-dealkylation sites (tertiary alicyclic amines) is 1. The number of rotatable bonds is 3. The smallest absolute Gasteiger partial charge is 0.412 e. The van der Waals surface area contributed by atoms with Gasteiger partial charge in [-0.15, -0.1) is 0 Å². The van der Waals surface area contributed by atoms with E-state index in [1.165, 1.54) is 11.1 Å². The Kier molecular flexibility index (Phi) is 5.36. The minimum Gasteiger partial charge on any atom is -0.444 e. The molecule has 154 valence electrons. The van der Waals surface area contributed by atoms with Gasteiger partial charge in [0.05, 0.1) is 12.1 Å². The van der Waals surface area contributed by atoms with Gasteiger partial charge in [-0.2, -0.15) is 0 Å². The Hall–Kier alpha value is -2.37. The fourth-order valence-corrected chi connectivity index (χ4v) is 4.54. The zero-order valence-electron chi connectivity index (χ0n) is 17.5. The van der Waals surface area contributed by atoms with E-state index in [9.17, 15) is 4.79 Å². The number of amides is 1. The van der Waals surface area contributed by atoms with Crippen LogP contribution in [-0.2, 0) is 16.0 Å². The molecule has 5 nitrogen and oxygen atoms in total. The molecule has 2 atom stereocenters. The highest BCUT2D eigenvalue weighted by Crippen LogP contribution is 2.44. The third kappa shape index (κ3) is 4.16. The van der Waals surface area contributed by atoms with E-state index in [0.717, 1.165) is 19.6 Å². The molecule has 4 rings (SSSR count). The Morgan fingerprint density at radius 3 is 2.41 bits per heavy atom. The Morgan fingerprint density at radius 2 is 1.76 bits per heavy atom. The molecule has 2 aromatic carbocycles. The summed E-state index contributed by atoms with van der Waals surface area (Å²) in [4.78, 5) is 17.3. The van der Waals surface area contributed by atoms with Crippen LogP contribution in [-0.4, -0.2) is 53.5 Å². The molecule has 0 aromatic heterocycles. The van der Waals surface area contributed by atoms with Gasteiger partial charge < -0.3 is 9.47 Å². The summed E-state index contributed by atoms with van der Waals surface area (Å²) in [6.45, 7) is 9.00. The van der Waals surface area contributed by atoms with Gasteiger partial charge in [0.1, 0.15) is 12.3 Å². The second-order valence-corrected chi connectivity index (χ2v) is 9.11. The van der Waals surface area contributed by atoms with Crippen molar-refractivity contribution >= 4 is 6.09 Å². The fourth-order valence-electron chi connectivity index (χ4n) is 4.54. The van der Waals surface area contributed by atoms with Crippen LogP contribution in [0.5, 0.6) is 0 Å².